The predicted molar refractivity (Wildman–Crippen MR) is 84.0 cm³/mol. The van der Waals surface area contributed by atoms with Crippen molar-refractivity contribution in [3.8, 4) is 0 Å². The highest BCUT2D eigenvalue weighted by atomic mass is 19.1. The van der Waals surface area contributed by atoms with Crippen molar-refractivity contribution >= 4 is 18.0 Å². The number of carbonyl (C=O) groups is 3. The number of hydrogen-bond donors (Lipinski definition) is 1. The predicted octanol–water partition coefficient (Wildman–Crippen LogP) is 2.19. The van der Waals surface area contributed by atoms with Crippen LogP contribution >= 0.6 is 0 Å². The van der Waals surface area contributed by atoms with Crippen molar-refractivity contribution in [2.75, 3.05) is 6.54 Å². The number of nitrogens with zero attached hydrogens (tertiary/aromatic N) is 1. The molecule has 1 fully saturated rings. The Morgan fingerprint density at radius 2 is 2.08 bits per heavy atom. The number of benzene rings is 1. The van der Waals surface area contributed by atoms with Gasteiger partial charge in [-0.3, -0.25) is 9.69 Å². The summed E-state index contributed by atoms with van der Waals surface area (Å²) in [5.41, 5.74) is 0.734. The summed E-state index contributed by atoms with van der Waals surface area (Å²) in [6, 6.07) is 5.03. The number of likely N-dealkylation sites (tertiary alicyclic amines) is 1. The Labute approximate surface area is 144 Å². The molecule has 1 amide bonds. The third-order valence-corrected chi connectivity index (χ3v) is 3.92. The molecule has 1 aromatic carbocycles. The first-order chi connectivity index (χ1) is 11.8. The van der Waals surface area contributed by atoms with E-state index in [0.29, 0.717) is 6.42 Å². The Morgan fingerprint density at radius 3 is 2.68 bits per heavy atom. The smallest absolute Gasteiger partial charge is 0.413 e. The van der Waals surface area contributed by atoms with Gasteiger partial charge in [0.15, 0.2) is 0 Å². The van der Waals surface area contributed by atoms with Crippen molar-refractivity contribution in [2.45, 2.75) is 39.0 Å². The molecule has 136 valence electrons. The van der Waals surface area contributed by atoms with Gasteiger partial charge in [-0.1, -0.05) is 12.1 Å². The van der Waals surface area contributed by atoms with E-state index in [2.05, 4.69) is 0 Å². The normalized spacial score (nSPS) is 20.8. The van der Waals surface area contributed by atoms with E-state index in [0.717, 1.165) is 10.5 Å². The van der Waals surface area contributed by atoms with Gasteiger partial charge in [-0.05, 0) is 36.5 Å². The summed E-state index contributed by atoms with van der Waals surface area (Å²) < 4.78 is 23.0. The number of esters is 1. The van der Waals surface area contributed by atoms with Gasteiger partial charge in [0, 0.05) is 20.4 Å². The maximum absolute atomic E-state index is 13.3. The van der Waals surface area contributed by atoms with Crippen molar-refractivity contribution in [1.82, 2.24) is 4.90 Å². The van der Waals surface area contributed by atoms with E-state index < -0.39 is 30.4 Å². The molecule has 2 rings (SSSR count). The number of carboxylic acid groups (broad SMARTS) is 1. The van der Waals surface area contributed by atoms with E-state index in [1.807, 2.05) is 0 Å². The molecule has 0 aliphatic carbocycles. The van der Waals surface area contributed by atoms with E-state index in [1.165, 1.54) is 26.0 Å². The largest absolute Gasteiger partial charge is 0.480 e. The van der Waals surface area contributed by atoms with E-state index in [9.17, 15) is 23.9 Å². The maximum Gasteiger partial charge on any atom is 0.413 e. The lowest BCUT2D eigenvalue weighted by atomic mass is 9.97. The number of aliphatic carboxylic acids is 1. The van der Waals surface area contributed by atoms with Crippen LogP contribution < -0.4 is 0 Å². The van der Waals surface area contributed by atoms with Crippen LogP contribution in [0.25, 0.3) is 0 Å². The van der Waals surface area contributed by atoms with Gasteiger partial charge in [0.05, 0.1) is 0 Å². The second kappa shape index (κ2) is 7.96. The molecule has 1 saturated heterocycles. The van der Waals surface area contributed by atoms with Crippen LogP contribution in [0.3, 0.4) is 0 Å². The van der Waals surface area contributed by atoms with Crippen LogP contribution in [-0.4, -0.2) is 46.9 Å². The monoisotopic (exact) mass is 353 g/mol. The average molecular weight is 353 g/mol. The summed E-state index contributed by atoms with van der Waals surface area (Å²) in [5.74, 6) is -2.25. The van der Waals surface area contributed by atoms with Gasteiger partial charge < -0.3 is 14.6 Å². The van der Waals surface area contributed by atoms with Crippen LogP contribution in [0.5, 0.6) is 0 Å². The number of amides is 1. The first kappa shape index (κ1) is 18.7. The molecule has 1 heterocycles. The van der Waals surface area contributed by atoms with Crippen molar-refractivity contribution in [3.63, 3.8) is 0 Å². The van der Waals surface area contributed by atoms with Crippen LogP contribution in [0.2, 0.25) is 0 Å². The Hall–Kier alpha value is -2.64. The molecule has 0 spiro atoms. The van der Waals surface area contributed by atoms with E-state index >= 15 is 0 Å². The summed E-state index contributed by atoms with van der Waals surface area (Å²) in [7, 11) is 0. The first-order valence-electron chi connectivity index (χ1n) is 7.88. The fraction of sp³-hybridized carbons (Fsp3) is 0.471. The lowest BCUT2D eigenvalue weighted by Gasteiger charge is -2.23. The third kappa shape index (κ3) is 5.17. The summed E-state index contributed by atoms with van der Waals surface area (Å²) in [6.07, 6.45) is -1.28. The Morgan fingerprint density at radius 1 is 1.36 bits per heavy atom. The molecule has 25 heavy (non-hydrogen) atoms. The number of rotatable bonds is 5. The first-order valence-corrected chi connectivity index (χ1v) is 7.88. The summed E-state index contributed by atoms with van der Waals surface area (Å²) in [5, 5.41) is 9.35. The Balaban J connectivity index is 2.03. The van der Waals surface area contributed by atoms with Gasteiger partial charge in [0.25, 0.3) is 0 Å². The molecule has 8 heteroatoms. The summed E-state index contributed by atoms with van der Waals surface area (Å²) in [4.78, 5) is 35.6. The number of carbonyl (C=O) groups excluding carboxylic acids is 2. The molecule has 3 atom stereocenters. The van der Waals surface area contributed by atoms with E-state index in [-0.39, 0.29) is 24.7 Å². The van der Waals surface area contributed by atoms with Crippen molar-refractivity contribution in [3.05, 3.63) is 35.6 Å². The topological polar surface area (TPSA) is 93.1 Å². The van der Waals surface area contributed by atoms with Gasteiger partial charge in [-0.25, -0.2) is 14.0 Å². The van der Waals surface area contributed by atoms with Gasteiger partial charge in [-0.2, -0.15) is 0 Å². The molecular formula is C17H20FNO6. The third-order valence-electron chi connectivity index (χ3n) is 3.92. The van der Waals surface area contributed by atoms with Crippen LogP contribution in [0.1, 0.15) is 25.8 Å². The molecule has 1 N–H and O–H groups in total. The van der Waals surface area contributed by atoms with Crippen LogP contribution in [0, 0.1) is 11.7 Å². The number of carboxylic acids is 1. The zero-order valence-electron chi connectivity index (χ0n) is 14.0. The number of halogens is 1. The second-order valence-electron chi connectivity index (χ2n) is 6.00. The quantitative estimate of drug-likeness (QED) is 0.644. The molecular weight excluding hydrogens is 333 g/mol. The molecule has 7 nitrogen and oxygen atoms in total. The van der Waals surface area contributed by atoms with Gasteiger partial charge in [-0.15, -0.1) is 0 Å². The standard InChI is InChI=1S/C17H20FNO6/c1-10(20)24-11(2)25-17(23)19-9-13(8-15(19)16(21)22)6-12-4-3-5-14(18)7-12/h3-5,7,11,13,15H,6,8-9H2,1-2H3,(H,21,22)/t11-,13-,15-/m0/s1. The van der Waals surface area contributed by atoms with E-state index in [1.54, 1.807) is 12.1 Å². The Bertz CT molecular complexity index is 664. The fourth-order valence-electron chi connectivity index (χ4n) is 2.97. The van der Waals surface area contributed by atoms with Crippen molar-refractivity contribution in [1.29, 1.82) is 0 Å². The Kier molecular flexibility index (Phi) is 5.95. The molecule has 0 aromatic heterocycles. The highest BCUT2D eigenvalue weighted by Gasteiger charge is 2.41. The molecule has 1 aromatic rings. The van der Waals surface area contributed by atoms with Gasteiger partial charge >= 0.3 is 18.0 Å². The molecule has 1 aliphatic heterocycles. The summed E-state index contributed by atoms with van der Waals surface area (Å²) in [6.45, 7) is 2.71. The minimum absolute atomic E-state index is 0.139. The lowest BCUT2D eigenvalue weighted by molar-refractivity contribution is -0.164. The summed E-state index contributed by atoms with van der Waals surface area (Å²) >= 11 is 0. The van der Waals surface area contributed by atoms with Crippen molar-refractivity contribution in [2.24, 2.45) is 5.92 Å². The SMILES string of the molecule is CC(=O)O[C@H](C)OC(=O)N1C[C@@H](Cc2cccc(F)c2)C[C@H]1C(=O)O. The van der Waals surface area contributed by atoms with Crippen LogP contribution in [0.4, 0.5) is 9.18 Å². The number of ether oxygens (including phenoxy) is 2. The molecule has 0 bridgehead atoms. The van der Waals surface area contributed by atoms with Gasteiger partial charge in [0.1, 0.15) is 11.9 Å². The zero-order valence-corrected chi connectivity index (χ0v) is 14.0. The highest BCUT2D eigenvalue weighted by Crippen LogP contribution is 2.28. The minimum atomic E-state index is -1.14. The van der Waals surface area contributed by atoms with Crippen molar-refractivity contribution < 1.29 is 33.4 Å². The minimum Gasteiger partial charge on any atom is -0.480 e. The van der Waals surface area contributed by atoms with Crippen LogP contribution in [0.15, 0.2) is 24.3 Å². The van der Waals surface area contributed by atoms with E-state index in [4.69, 9.17) is 9.47 Å². The molecule has 0 radical (unpaired) electrons. The zero-order chi connectivity index (χ0) is 18.6. The maximum atomic E-state index is 13.3. The number of hydrogen-bond acceptors (Lipinski definition) is 5. The molecule has 0 unspecified atom stereocenters. The fourth-order valence-corrected chi connectivity index (χ4v) is 2.97. The highest BCUT2D eigenvalue weighted by molar-refractivity contribution is 5.81. The average Bonchev–Trinajstić information content (AvgIpc) is 2.90. The lowest BCUT2D eigenvalue weighted by Crippen LogP contribution is -2.42. The molecule has 0 saturated carbocycles. The molecule has 1 aliphatic rings. The second-order valence-corrected chi connectivity index (χ2v) is 6.00. The van der Waals surface area contributed by atoms with Gasteiger partial charge in [0.2, 0.25) is 6.29 Å². The van der Waals surface area contributed by atoms with Crippen LogP contribution in [-0.2, 0) is 25.5 Å².